The van der Waals surface area contributed by atoms with Crippen LogP contribution in [0.25, 0.3) is 0 Å². The Hall–Kier alpha value is -1.49. The van der Waals surface area contributed by atoms with Crippen molar-refractivity contribution in [1.82, 2.24) is 0 Å². The number of allylic oxidation sites excluding steroid dienone is 2. The normalized spacial score (nSPS) is 51.3. The van der Waals surface area contributed by atoms with Crippen molar-refractivity contribution in [2.75, 3.05) is 0 Å². The van der Waals surface area contributed by atoms with Crippen LogP contribution in [0.3, 0.4) is 0 Å². The first-order valence-corrected chi connectivity index (χ1v) is 23.2. The zero-order valence-corrected chi connectivity index (χ0v) is 36.7. The predicted octanol–water partition coefficient (Wildman–Crippen LogP) is 11.8. The van der Waals surface area contributed by atoms with Gasteiger partial charge in [-0.2, -0.15) is 0 Å². The van der Waals surface area contributed by atoms with E-state index in [2.05, 4.69) is 68.4 Å². The molecule has 0 unspecified atom stereocenters. The van der Waals surface area contributed by atoms with Crippen molar-refractivity contribution in [3.8, 4) is 0 Å². The first kappa shape index (κ1) is 40.3. The molecule has 14 atom stereocenters. The number of carbonyl (C=O) groups is 3. The van der Waals surface area contributed by atoms with Crippen LogP contribution in [0.15, 0.2) is 11.6 Å². The lowest BCUT2D eigenvalue weighted by Gasteiger charge is -2.62. The number of aliphatic hydroxyl groups is 1. The Morgan fingerprint density at radius 2 is 1.49 bits per heavy atom. The molecule has 7 fully saturated rings. The highest BCUT2D eigenvalue weighted by molar-refractivity contribution is 5.89. The first-order chi connectivity index (χ1) is 25.5. The van der Waals surface area contributed by atoms with Crippen molar-refractivity contribution in [3.05, 3.63) is 11.6 Å². The van der Waals surface area contributed by atoms with E-state index in [1.165, 1.54) is 69.8 Å². The van der Waals surface area contributed by atoms with Gasteiger partial charge in [0.15, 0.2) is 0 Å². The van der Waals surface area contributed by atoms with Gasteiger partial charge in [0.25, 0.3) is 0 Å². The summed E-state index contributed by atoms with van der Waals surface area (Å²) in [4.78, 5) is 40.8. The van der Waals surface area contributed by atoms with Crippen molar-refractivity contribution in [2.24, 2.45) is 84.7 Å². The maximum absolute atomic E-state index is 14.7. The molecule has 2 spiro atoms. The fourth-order valence-electron chi connectivity index (χ4n) is 18.3. The zero-order valence-electron chi connectivity index (χ0n) is 36.7. The number of carboxylic acid groups (broad SMARTS) is 1. The number of aliphatic carboxylic acids is 1. The highest BCUT2D eigenvalue weighted by Crippen LogP contribution is 2.89. The molecule has 8 rings (SSSR count). The second-order valence-electron chi connectivity index (χ2n) is 24.4. The molecule has 7 saturated carbocycles. The van der Waals surface area contributed by atoms with Gasteiger partial charge in [0.05, 0.1) is 11.0 Å². The minimum Gasteiger partial charge on any atom is -0.481 e. The quantitative estimate of drug-likeness (QED) is 0.241. The van der Waals surface area contributed by atoms with Gasteiger partial charge >= 0.3 is 5.97 Å². The molecule has 0 aromatic heterocycles. The summed E-state index contributed by atoms with van der Waals surface area (Å²) < 4.78 is 0. The van der Waals surface area contributed by atoms with Gasteiger partial charge in [-0.1, -0.05) is 73.5 Å². The molecular formula is C50H78O5. The maximum atomic E-state index is 14.7. The van der Waals surface area contributed by atoms with Crippen LogP contribution < -0.4 is 0 Å². The lowest BCUT2D eigenvalue weighted by molar-refractivity contribution is -0.169. The average molecular weight is 759 g/mol. The monoisotopic (exact) mass is 759 g/mol. The summed E-state index contributed by atoms with van der Waals surface area (Å²) in [6, 6.07) is 0. The van der Waals surface area contributed by atoms with E-state index in [0.717, 1.165) is 38.5 Å². The van der Waals surface area contributed by atoms with E-state index in [4.69, 9.17) is 0 Å². The van der Waals surface area contributed by atoms with Gasteiger partial charge in [-0.3, -0.25) is 14.4 Å². The van der Waals surface area contributed by atoms with E-state index < -0.39 is 22.9 Å². The van der Waals surface area contributed by atoms with Gasteiger partial charge in [0.1, 0.15) is 11.6 Å². The van der Waals surface area contributed by atoms with Crippen LogP contribution in [0.4, 0.5) is 0 Å². The zero-order chi connectivity index (χ0) is 40.0. The second-order valence-corrected chi connectivity index (χ2v) is 24.4. The van der Waals surface area contributed by atoms with Crippen molar-refractivity contribution in [3.63, 3.8) is 0 Å². The molecule has 8 aliphatic carbocycles. The minimum absolute atomic E-state index is 0.0923. The molecule has 0 aliphatic heterocycles. The van der Waals surface area contributed by atoms with Crippen molar-refractivity contribution in [1.29, 1.82) is 0 Å². The molecule has 0 radical (unpaired) electrons. The third kappa shape index (κ3) is 5.40. The van der Waals surface area contributed by atoms with Crippen LogP contribution in [-0.4, -0.2) is 33.3 Å². The number of carbonyl (C=O) groups excluding carboxylic acids is 2. The van der Waals surface area contributed by atoms with Gasteiger partial charge < -0.3 is 10.2 Å². The first-order valence-electron chi connectivity index (χ1n) is 23.2. The summed E-state index contributed by atoms with van der Waals surface area (Å²) in [7, 11) is 0. The molecule has 0 saturated heterocycles. The van der Waals surface area contributed by atoms with Crippen LogP contribution in [0.5, 0.6) is 0 Å². The topological polar surface area (TPSA) is 91.7 Å². The fraction of sp³-hybridized carbons (Fsp3) is 0.900. The molecule has 0 heterocycles. The summed E-state index contributed by atoms with van der Waals surface area (Å²) in [6.45, 7) is 23.2. The van der Waals surface area contributed by atoms with Crippen LogP contribution in [0.1, 0.15) is 191 Å². The largest absolute Gasteiger partial charge is 0.481 e. The van der Waals surface area contributed by atoms with Crippen LogP contribution in [0.2, 0.25) is 0 Å². The third-order valence-corrected chi connectivity index (χ3v) is 21.6. The Kier molecular flexibility index (Phi) is 9.17. The van der Waals surface area contributed by atoms with Crippen LogP contribution in [-0.2, 0) is 14.4 Å². The highest BCUT2D eigenvalue weighted by Gasteiger charge is 2.82. The van der Waals surface area contributed by atoms with Gasteiger partial charge in [-0.05, 0) is 185 Å². The van der Waals surface area contributed by atoms with Gasteiger partial charge in [-0.15, -0.1) is 0 Å². The van der Waals surface area contributed by atoms with E-state index >= 15 is 0 Å². The molecule has 55 heavy (non-hydrogen) atoms. The molecular weight excluding hydrogens is 681 g/mol. The Balaban J connectivity index is 0.969. The molecule has 8 aliphatic rings. The van der Waals surface area contributed by atoms with Gasteiger partial charge in [0, 0.05) is 24.2 Å². The smallest absolute Gasteiger partial charge is 0.310 e. The molecule has 0 amide bonds. The molecule has 0 aromatic carbocycles. The number of rotatable bonds is 8. The number of Topliss-reactive ketones (excluding diaryl/α,β-unsaturated/α-hetero) is 2. The molecule has 0 bridgehead atoms. The Morgan fingerprint density at radius 3 is 2.20 bits per heavy atom. The van der Waals surface area contributed by atoms with E-state index in [0.29, 0.717) is 59.5 Å². The summed E-state index contributed by atoms with van der Waals surface area (Å²) in [5.74, 6) is 2.02. The Bertz CT molecular complexity index is 1650. The summed E-state index contributed by atoms with van der Waals surface area (Å²) in [5, 5.41) is 22.5. The Labute approximate surface area is 334 Å². The van der Waals surface area contributed by atoms with E-state index in [1.54, 1.807) is 0 Å². The number of fused-ring (bicyclic) bond motifs is 3. The maximum Gasteiger partial charge on any atom is 0.310 e. The SMILES string of the molecule is C[C@H](CC(=O)[C@H]1CC(CC[C@@H]2[C@@]3(C)CCCC(C)(C)[C@H]3CC[C@@]2(C)O)=CC[C@]1(C)C(=O)O)[C@H]1CC[C@@]2(C)[C@@H]3CC[C@H]4C(C)(C)C(=O)CC[C@@]45C[C@@]35CC[C@]12C. The highest BCUT2D eigenvalue weighted by atomic mass is 16.4. The summed E-state index contributed by atoms with van der Waals surface area (Å²) in [5.41, 5.74) is 0.817. The molecule has 5 heteroatoms. The second kappa shape index (κ2) is 12.5. The van der Waals surface area contributed by atoms with Gasteiger partial charge in [0.2, 0.25) is 0 Å². The summed E-state index contributed by atoms with van der Waals surface area (Å²) in [6.07, 6.45) is 21.4. The molecule has 5 nitrogen and oxygen atoms in total. The minimum atomic E-state index is -1.08. The standard InChI is InChI=1S/C50H78O5/c1-31(33-17-23-47(9)39-15-14-37-43(4,5)40(52)19-25-49(37)30-50(39,49)27-26-46(33,47)8)28-35(51)34-29-32(16-22-44(34,6)41(53)54)12-13-38-45(7)21-11-20-42(2,3)36(45)18-24-48(38,10)55/h16,31,33-34,36-39,55H,11-15,17-30H2,1-10H3,(H,53,54)/t31-,33-,34-,36-,37+,38-,39+,44+,45+,46-,47+,48-,49-,50+/m1/s1. The van der Waals surface area contributed by atoms with Crippen LogP contribution >= 0.6 is 0 Å². The molecule has 0 aromatic rings. The Morgan fingerprint density at radius 1 is 0.800 bits per heavy atom. The number of hydrogen-bond acceptors (Lipinski definition) is 4. The third-order valence-electron chi connectivity index (χ3n) is 21.6. The lowest BCUT2D eigenvalue weighted by Crippen LogP contribution is -2.57. The average Bonchev–Trinajstić information content (AvgIpc) is 3.67. The van der Waals surface area contributed by atoms with Crippen molar-refractivity contribution in [2.45, 2.75) is 197 Å². The van der Waals surface area contributed by atoms with Crippen molar-refractivity contribution < 1.29 is 24.6 Å². The molecule has 2 N–H and O–H groups in total. The van der Waals surface area contributed by atoms with Crippen molar-refractivity contribution >= 4 is 17.5 Å². The molecule has 308 valence electrons. The van der Waals surface area contributed by atoms with Crippen LogP contribution in [0, 0.1) is 84.7 Å². The predicted molar refractivity (Wildman–Crippen MR) is 219 cm³/mol. The number of ketones is 2. The number of carboxylic acids is 1. The lowest BCUT2D eigenvalue weighted by atomic mass is 9.42. The van der Waals surface area contributed by atoms with E-state index in [1.807, 2.05) is 6.92 Å². The summed E-state index contributed by atoms with van der Waals surface area (Å²) >= 11 is 0. The number of hydrogen-bond donors (Lipinski definition) is 2. The van der Waals surface area contributed by atoms with E-state index in [-0.39, 0.29) is 44.7 Å². The van der Waals surface area contributed by atoms with E-state index in [9.17, 15) is 24.6 Å². The van der Waals surface area contributed by atoms with Gasteiger partial charge in [-0.25, -0.2) is 0 Å². The fourth-order valence-corrected chi connectivity index (χ4v) is 18.3.